The van der Waals surface area contributed by atoms with E-state index >= 15 is 0 Å². The molecule has 0 spiro atoms. The molecule has 0 saturated carbocycles. The highest BCUT2D eigenvalue weighted by Gasteiger charge is 2.32. The molecule has 0 atom stereocenters. The van der Waals surface area contributed by atoms with E-state index in [4.69, 9.17) is 0 Å². The molecule has 1 saturated heterocycles. The van der Waals surface area contributed by atoms with Gasteiger partial charge >= 0.3 is 6.18 Å². The molecule has 0 aliphatic carbocycles. The molecule has 2 aromatic rings. The van der Waals surface area contributed by atoms with Gasteiger partial charge in [0.25, 0.3) is 0 Å². The van der Waals surface area contributed by atoms with E-state index in [1.807, 2.05) is 4.57 Å². The minimum atomic E-state index is -4.43. The number of hydrogen-bond acceptors (Lipinski definition) is 3. The Kier molecular flexibility index (Phi) is 3.67. The van der Waals surface area contributed by atoms with Crippen LogP contribution < -0.4 is 0 Å². The maximum Gasteiger partial charge on any atom is 0.433 e. The van der Waals surface area contributed by atoms with Crippen molar-refractivity contribution < 1.29 is 13.2 Å². The standard InChI is InChI=1S/C14H15F3N4/c15-14(16,17)13-4-1-3-11(19-13)12-9-21(10-18-12)8-7-20-5-2-6-20/h1,3-4,9-10H,2,5-8H2. The molecule has 2 aromatic heterocycles. The van der Waals surface area contributed by atoms with Crippen molar-refractivity contribution in [3.05, 3.63) is 36.4 Å². The monoisotopic (exact) mass is 296 g/mol. The van der Waals surface area contributed by atoms with E-state index < -0.39 is 11.9 Å². The molecule has 7 heteroatoms. The van der Waals surface area contributed by atoms with Gasteiger partial charge in [-0.2, -0.15) is 13.2 Å². The molecular formula is C14H15F3N4. The van der Waals surface area contributed by atoms with E-state index in [2.05, 4.69) is 14.9 Å². The quantitative estimate of drug-likeness (QED) is 0.870. The Morgan fingerprint density at radius 2 is 1.90 bits per heavy atom. The molecule has 3 rings (SSSR count). The van der Waals surface area contributed by atoms with Gasteiger partial charge in [0.05, 0.1) is 12.0 Å². The van der Waals surface area contributed by atoms with Crippen molar-refractivity contribution in [2.45, 2.75) is 19.1 Å². The lowest BCUT2D eigenvalue weighted by Gasteiger charge is -2.30. The van der Waals surface area contributed by atoms with Crippen LogP contribution in [0.4, 0.5) is 13.2 Å². The number of nitrogens with zero attached hydrogens (tertiary/aromatic N) is 4. The van der Waals surface area contributed by atoms with Gasteiger partial charge in [-0.3, -0.25) is 0 Å². The lowest BCUT2D eigenvalue weighted by atomic mass is 10.2. The molecule has 112 valence electrons. The third-order valence-corrected chi connectivity index (χ3v) is 3.56. The zero-order valence-corrected chi connectivity index (χ0v) is 11.3. The first-order valence-corrected chi connectivity index (χ1v) is 6.81. The first-order valence-electron chi connectivity index (χ1n) is 6.81. The summed E-state index contributed by atoms with van der Waals surface area (Å²) >= 11 is 0. The highest BCUT2D eigenvalue weighted by Crippen LogP contribution is 2.28. The number of pyridine rings is 1. The summed E-state index contributed by atoms with van der Waals surface area (Å²) in [6.07, 6.45) is 0.179. The topological polar surface area (TPSA) is 34.0 Å². The van der Waals surface area contributed by atoms with Crippen molar-refractivity contribution in [2.75, 3.05) is 19.6 Å². The first kappa shape index (κ1) is 14.1. The Bertz CT molecular complexity index is 617. The number of hydrogen-bond donors (Lipinski definition) is 0. The summed E-state index contributed by atoms with van der Waals surface area (Å²) in [4.78, 5) is 10.1. The number of aromatic nitrogens is 3. The molecule has 0 amide bonds. The summed E-state index contributed by atoms with van der Waals surface area (Å²) in [5.41, 5.74) is -0.188. The van der Waals surface area contributed by atoms with Crippen LogP contribution in [-0.4, -0.2) is 39.1 Å². The highest BCUT2D eigenvalue weighted by molar-refractivity contribution is 5.53. The van der Waals surface area contributed by atoms with Crippen molar-refractivity contribution in [1.29, 1.82) is 0 Å². The molecule has 1 aliphatic rings. The van der Waals surface area contributed by atoms with Gasteiger partial charge in [-0.15, -0.1) is 0 Å². The Hall–Kier alpha value is -1.89. The summed E-state index contributed by atoms with van der Waals surface area (Å²) in [6, 6.07) is 3.85. The smallest absolute Gasteiger partial charge is 0.335 e. The fourth-order valence-electron chi connectivity index (χ4n) is 2.21. The predicted octanol–water partition coefficient (Wildman–Crippen LogP) is 2.67. The summed E-state index contributed by atoms with van der Waals surface area (Å²) < 4.78 is 39.8. The van der Waals surface area contributed by atoms with Crippen LogP contribution in [0.15, 0.2) is 30.7 Å². The molecule has 3 heterocycles. The van der Waals surface area contributed by atoms with Crippen LogP contribution in [0.1, 0.15) is 12.1 Å². The van der Waals surface area contributed by atoms with E-state index in [0.29, 0.717) is 5.69 Å². The lowest BCUT2D eigenvalue weighted by molar-refractivity contribution is -0.141. The average Bonchev–Trinajstić information content (AvgIpc) is 2.85. The van der Waals surface area contributed by atoms with Crippen molar-refractivity contribution in [2.24, 2.45) is 0 Å². The normalized spacial score (nSPS) is 16.0. The average molecular weight is 296 g/mol. The fourth-order valence-corrected chi connectivity index (χ4v) is 2.21. The van der Waals surface area contributed by atoms with Gasteiger partial charge in [-0.1, -0.05) is 6.07 Å². The third kappa shape index (κ3) is 3.24. The van der Waals surface area contributed by atoms with Gasteiger partial charge in [0.1, 0.15) is 11.4 Å². The molecule has 4 nitrogen and oxygen atoms in total. The van der Waals surface area contributed by atoms with Crippen LogP contribution in [0.2, 0.25) is 0 Å². The molecule has 0 unspecified atom stereocenters. The predicted molar refractivity (Wildman–Crippen MR) is 71.5 cm³/mol. The molecule has 0 bridgehead atoms. The van der Waals surface area contributed by atoms with Crippen molar-refractivity contribution in [3.8, 4) is 11.4 Å². The van der Waals surface area contributed by atoms with E-state index in [9.17, 15) is 13.2 Å². The van der Waals surface area contributed by atoms with E-state index in [1.54, 1.807) is 12.5 Å². The summed E-state index contributed by atoms with van der Waals surface area (Å²) in [5.74, 6) is 0. The maximum atomic E-state index is 12.7. The molecular weight excluding hydrogens is 281 g/mol. The Labute approximate surface area is 120 Å². The Morgan fingerprint density at radius 1 is 1.10 bits per heavy atom. The van der Waals surface area contributed by atoms with Crippen LogP contribution in [0.25, 0.3) is 11.4 Å². The number of alkyl halides is 3. The van der Waals surface area contributed by atoms with Crippen molar-refractivity contribution in [3.63, 3.8) is 0 Å². The molecule has 1 aliphatic heterocycles. The largest absolute Gasteiger partial charge is 0.433 e. The second-order valence-electron chi connectivity index (χ2n) is 5.10. The van der Waals surface area contributed by atoms with E-state index in [1.165, 1.54) is 18.6 Å². The number of halogens is 3. The van der Waals surface area contributed by atoms with Crippen molar-refractivity contribution >= 4 is 0 Å². The summed E-state index contributed by atoms with van der Waals surface area (Å²) in [6.45, 7) is 3.96. The van der Waals surface area contributed by atoms with Gasteiger partial charge in [0.2, 0.25) is 0 Å². The van der Waals surface area contributed by atoms with Crippen molar-refractivity contribution in [1.82, 2.24) is 19.4 Å². The second kappa shape index (κ2) is 5.48. The van der Waals surface area contributed by atoms with Crippen LogP contribution in [0.3, 0.4) is 0 Å². The summed E-state index contributed by atoms with van der Waals surface area (Å²) in [7, 11) is 0. The minimum absolute atomic E-state index is 0.243. The lowest BCUT2D eigenvalue weighted by Crippen LogP contribution is -2.39. The van der Waals surface area contributed by atoms with Gasteiger partial charge < -0.3 is 9.47 Å². The van der Waals surface area contributed by atoms with E-state index in [-0.39, 0.29) is 5.69 Å². The van der Waals surface area contributed by atoms with Crippen LogP contribution in [0.5, 0.6) is 0 Å². The Balaban J connectivity index is 1.73. The maximum absolute atomic E-state index is 12.7. The molecule has 21 heavy (non-hydrogen) atoms. The van der Waals surface area contributed by atoms with Crippen LogP contribution in [0, 0.1) is 0 Å². The number of rotatable bonds is 4. The molecule has 1 fully saturated rings. The molecule has 0 radical (unpaired) electrons. The third-order valence-electron chi connectivity index (χ3n) is 3.56. The number of imidazole rings is 1. The van der Waals surface area contributed by atoms with Gasteiger partial charge in [-0.05, 0) is 31.6 Å². The van der Waals surface area contributed by atoms with Crippen LogP contribution in [-0.2, 0) is 12.7 Å². The number of likely N-dealkylation sites (tertiary alicyclic amines) is 1. The zero-order valence-electron chi connectivity index (χ0n) is 11.3. The van der Waals surface area contributed by atoms with E-state index in [0.717, 1.165) is 32.2 Å². The summed E-state index contributed by atoms with van der Waals surface area (Å²) in [5, 5.41) is 0. The second-order valence-corrected chi connectivity index (χ2v) is 5.10. The van der Waals surface area contributed by atoms with Gasteiger partial charge in [0, 0.05) is 19.3 Å². The zero-order chi connectivity index (χ0) is 14.9. The van der Waals surface area contributed by atoms with Gasteiger partial charge in [-0.25, -0.2) is 9.97 Å². The SMILES string of the molecule is FC(F)(F)c1cccc(-c2cn(CCN3CCC3)cn2)n1. The van der Waals surface area contributed by atoms with Crippen LogP contribution >= 0.6 is 0 Å². The fraction of sp³-hybridized carbons (Fsp3) is 0.429. The molecule has 0 aromatic carbocycles. The van der Waals surface area contributed by atoms with Gasteiger partial charge in [0.15, 0.2) is 0 Å². The highest BCUT2D eigenvalue weighted by atomic mass is 19.4. The minimum Gasteiger partial charge on any atom is -0.335 e. The molecule has 0 N–H and O–H groups in total. The first-order chi connectivity index (χ1) is 10.0. The Morgan fingerprint density at radius 3 is 2.57 bits per heavy atom.